The summed E-state index contributed by atoms with van der Waals surface area (Å²) in [5.74, 6) is 5.80. The van der Waals surface area contributed by atoms with Crippen LogP contribution in [-0.2, 0) is 4.74 Å². The van der Waals surface area contributed by atoms with Crippen molar-refractivity contribution in [2.75, 3.05) is 0 Å². The average molecular weight is 303 g/mol. The molecule has 5 rings (SSSR count). The van der Waals surface area contributed by atoms with Gasteiger partial charge in [-0.2, -0.15) is 0 Å². The number of rotatable bonds is 0. The summed E-state index contributed by atoms with van der Waals surface area (Å²) in [7, 11) is 0. The molecule has 0 aromatic carbocycles. The Kier molecular flexibility index (Phi) is 3.77. The molecule has 1 aliphatic heterocycles. The van der Waals surface area contributed by atoms with Crippen LogP contribution in [0, 0.1) is 35.5 Å². The third kappa shape index (κ3) is 2.29. The Morgan fingerprint density at radius 2 is 0.909 bits per heavy atom. The molecule has 1 heteroatoms. The molecule has 1 saturated heterocycles. The zero-order valence-electron chi connectivity index (χ0n) is 14.2. The van der Waals surface area contributed by atoms with Crippen LogP contribution >= 0.6 is 0 Å². The Hall–Kier alpha value is -0.0400. The maximum atomic E-state index is 7.03. The Morgan fingerprint density at radius 1 is 0.455 bits per heavy atom. The Bertz CT molecular complexity index is 369. The number of hydrogen-bond acceptors (Lipinski definition) is 1. The summed E-state index contributed by atoms with van der Waals surface area (Å²) in [5, 5.41) is 0. The van der Waals surface area contributed by atoms with Crippen LogP contribution in [0.2, 0.25) is 0 Å². The molecule has 1 nitrogen and oxygen atoms in total. The molecule has 5 fully saturated rings. The molecule has 0 radical (unpaired) electrons. The van der Waals surface area contributed by atoms with Gasteiger partial charge in [0.05, 0.1) is 12.2 Å². The van der Waals surface area contributed by atoms with Crippen LogP contribution in [0.4, 0.5) is 0 Å². The molecule has 4 saturated carbocycles. The molecule has 0 aromatic heterocycles. The lowest BCUT2D eigenvalue weighted by Crippen LogP contribution is -2.54. The van der Waals surface area contributed by atoms with Gasteiger partial charge in [-0.25, -0.2) is 0 Å². The van der Waals surface area contributed by atoms with E-state index in [1.807, 2.05) is 0 Å². The minimum Gasteiger partial charge on any atom is -0.374 e. The quantitative estimate of drug-likeness (QED) is 0.568. The summed E-state index contributed by atoms with van der Waals surface area (Å²) >= 11 is 0. The highest BCUT2D eigenvalue weighted by Crippen LogP contribution is 2.54. The van der Waals surface area contributed by atoms with Gasteiger partial charge in [0.1, 0.15) is 0 Å². The zero-order valence-corrected chi connectivity index (χ0v) is 14.2. The van der Waals surface area contributed by atoms with Crippen molar-refractivity contribution in [2.24, 2.45) is 35.5 Å². The van der Waals surface area contributed by atoms with Crippen molar-refractivity contribution in [1.82, 2.24) is 0 Å². The van der Waals surface area contributed by atoms with Gasteiger partial charge >= 0.3 is 0 Å². The lowest BCUT2D eigenvalue weighted by Gasteiger charge is -2.56. The van der Waals surface area contributed by atoms with E-state index < -0.39 is 0 Å². The molecule has 8 atom stereocenters. The van der Waals surface area contributed by atoms with Gasteiger partial charge < -0.3 is 4.74 Å². The number of ether oxygens (including phenoxy) is 1. The van der Waals surface area contributed by atoms with E-state index in [1.54, 1.807) is 0 Å². The van der Waals surface area contributed by atoms with E-state index in [4.69, 9.17) is 4.74 Å². The lowest BCUT2D eigenvalue weighted by atomic mass is 9.58. The van der Waals surface area contributed by atoms with Crippen molar-refractivity contribution in [1.29, 1.82) is 0 Å². The fraction of sp³-hybridized carbons (Fsp3) is 1.00. The predicted molar refractivity (Wildman–Crippen MR) is 89.6 cm³/mol. The molecular formula is C21H34O. The van der Waals surface area contributed by atoms with Gasteiger partial charge in [-0.3, -0.25) is 0 Å². The summed E-state index contributed by atoms with van der Waals surface area (Å²) in [6.45, 7) is 0. The third-order valence-electron chi connectivity index (χ3n) is 8.45. The van der Waals surface area contributed by atoms with Crippen LogP contribution in [0.5, 0.6) is 0 Å². The molecule has 0 N–H and O–H groups in total. The number of hydrogen-bond donors (Lipinski definition) is 0. The Labute approximate surface area is 136 Å². The summed E-state index contributed by atoms with van der Waals surface area (Å²) in [5.41, 5.74) is 0. The smallest absolute Gasteiger partial charge is 0.0638 e. The molecule has 124 valence electrons. The van der Waals surface area contributed by atoms with Gasteiger partial charge in [0.25, 0.3) is 0 Å². The van der Waals surface area contributed by atoms with E-state index in [-0.39, 0.29) is 0 Å². The van der Waals surface area contributed by atoms with Crippen molar-refractivity contribution in [2.45, 2.75) is 95.7 Å². The highest BCUT2D eigenvalue weighted by Gasteiger charge is 2.51. The first-order chi connectivity index (χ1) is 10.9. The van der Waals surface area contributed by atoms with Gasteiger partial charge in [-0.1, -0.05) is 38.5 Å². The highest BCUT2D eigenvalue weighted by atomic mass is 16.5. The van der Waals surface area contributed by atoms with Crippen LogP contribution < -0.4 is 0 Å². The maximum absolute atomic E-state index is 7.03. The molecule has 1 heterocycles. The molecule has 0 bridgehead atoms. The van der Waals surface area contributed by atoms with Crippen molar-refractivity contribution >= 4 is 0 Å². The Balaban J connectivity index is 1.37. The summed E-state index contributed by atoms with van der Waals surface area (Å²) < 4.78 is 7.03. The van der Waals surface area contributed by atoms with Crippen molar-refractivity contribution in [3.8, 4) is 0 Å². The predicted octanol–water partition coefficient (Wildman–Crippen LogP) is 5.58. The largest absolute Gasteiger partial charge is 0.374 e. The van der Waals surface area contributed by atoms with Crippen molar-refractivity contribution < 1.29 is 4.74 Å². The molecule has 5 aliphatic rings. The molecule has 0 spiro atoms. The van der Waals surface area contributed by atoms with E-state index in [1.165, 1.54) is 83.5 Å². The van der Waals surface area contributed by atoms with E-state index >= 15 is 0 Å². The Morgan fingerprint density at radius 3 is 1.45 bits per heavy atom. The van der Waals surface area contributed by atoms with E-state index in [9.17, 15) is 0 Å². The third-order valence-corrected chi connectivity index (χ3v) is 8.45. The van der Waals surface area contributed by atoms with E-state index in [0.29, 0.717) is 12.2 Å². The van der Waals surface area contributed by atoms with Gasteiger partial charge in [-0.15, -0.1) is 0 Å². The van der Waals surface area contributed by atoms with Crippen LogP contribution in [0.25, 0.3) is 0 Å². The SMILES string of the molecule is C1CCC2C(C1)CCC1CC3CCC4CCCCC4C3OC12. The van der Waals surface area contributed by atoms with Crippen LogP contribution in [0.1, 0.15) is 83.5 Å². The maximum Gasteiger partial charge on any atom is 0.0638 e. The second-order valence-corrected chi connectivity index (χ2v) is 9.39. The molecule has 0 aromatic rings. The van der Waals surface area contributed by atoms with Gasteiger partial charge in [-0.05, 0) is 80.5 Å². The van der Waals surface area contributed by atoms with Gasteiger partial charge in [0, 0.05) is 0 Å². The second-order valence-electron chi connectivity index (χ2n) is 9.39. The lowest BCUT2D eigenvalue weighted by molar-refractivity contribution is -0.206. The standard InChI is InChI=1S/C21H34O/c1-3-7-18-14(5-1)9-11-16-13-17-12-10-15-6-2-4-8-19(15)21(17)22-20(16)18/h14-21H,1-13H2. The van der Waals surface area contributed by atoms with Crippen LogP contribution in [0.3, 0.4) is 0 Å². The van der Waals surface area contributed by atoms with Crippen LogP contribution in [-0.4, -0.2) is 12.2 Å². The van der Waals surface area contributed by atoms with Crippen LogP contribution in [0.15, 0.2) is 0 Å². The first kappa shape index (κ1) is 14.3. The topological polar surface area (TPSA) is 9.23 Å². The van der Waals surface area contributed by atoms with E-state index in [0.717, 1.165) is 35.5 Å². The van der Waals surface area contributed by atoms with Crippen molar-refractivity contribution in [3.63, 3.8) is 0 Å². The summed E-state index contributed by atoms with van der Waals surface area (Å²) in [4.78, 5) is 0. The zero-order chi connectivity index (χ0) is 14.5. The summed E-state index contributed by atoms with van der Waals surface area (Å²) in [6, 6.07) is 0. The highest BCUT2D eigenvalue weighted by molar-refractivity contribution is 5.00. The first-order valence-corrected chi connectivity index (χ1v) is 10.6. The molecule has 0 amide bonds. The van der Waals surface area contributed by atoms with Gasteiger partial charge in [0.15, 0.2) is 0 Å². The van der Waals surface area contributed by atoms with E-state index in [2.05, 4.69) is 0 Å². The van der Waals surface area contributed by atoms with Crippen molar-refractivity contribution in [3.05, 3.63) is 0 Å². The monoisotopic (exact) mass is 302 g/mol. The molecular weight excluding hydrogens is 268 g/mol. The minimum absolute atomic E-state index is 0.668. The minimum atomic E-state index is 0.668. The fourth-order valence-corrected chi connectivity index (χ4v) is 7.44. The second kappa shape index (κ2) is 5.80. The van der Waals surface area contributed by atoms with Gasteiger partial charge in [0.2, 0.25) is 0 Å². The molecule has 4 aliphatic carbocycles. The number of fused-ring (bicyclic) bond motifs is 6. The first-order valence-electron chi connectivity index (χ1n) is 10.6. The fourth-order valence-electron chi connectivity index (χ4n) is 7.44. The summed E-state index contributed by atoms with van der Waals surface area (Å²) in [6.07, 6.45) is 20.8. The average Bonchev–Trinajstić information content (AvgIpc) is 2.60. The molecule has 8 unspecified atom stereocenters. The molecule has 22 heavy (non-hydrogen) atoms. The normalized spacial score (nSPS) is 54.5.